The van der Waals surface area contributed by atoms with E-state index in [1.54, 1.807) is 25.3 Å². The molecular formula is C15H21N3O4. The highest BCUT2D eigenvalue weighted by Crippen LogP contribution is 2.23. The highest BCUT2D eigenvalue weighted by atomic mass is 16.6. The summed E-state index contributed by atoms with van der Waals surface area (Å²) >= 11 is 0. The number of ether oxygens (including phenoxy) is 1. The van der Waals surface area contributed by atoms with Crippen molar-refractivity contribution in [2.24, 2.45) is 5.92 Å². The fraction of sp³-hybridized carbons (Fsp3) is 0.533. The normalized spacial score (nSPS) is 18.9. The molecule has 2 rings (SSSR count). The zero-order chi connectivity index (χ0) is 15.9. The van der Waals surface area contributed by atoms with Crippen LogP contribution in [0.15, 0.2) is 24.3 Å². The Morgan fingerprint density at radius 3 is 3.00 bits per heavy atom. The molecule has 1 amide bonds. The fourth-order valence-electron chi connectivity index (χ4n) is 2.80. The standard InChI is InChI=1S/C15H21N3O4/c1-22-11-12-5-4-8-17(9-12)10-15(19)16-13-6-2-3-7-14(13)18(20)21/h2-3,6-7,12H,4-5,8-11H2,1H3,(H,16,19). The van der Waals surface area contributed by atoms with Crippen molar-refractivity contribution in [2.75, 3.05) is 38.7 Å². The Morgan fingerprint density at radius 2 is 2.27 bits per heavy atom. The number of methoxy groups -OCH3 is 1. The second kappa shape index (κ2) is 7.86. The Kier molecular flexibility index (Phi) is 5.85. The van der Waals surface area contributed by atoms with Gasteiger partial charge < -0.3 is 10.1 Å². The molecule has 0 saturated carbocycles. The van der Waals surface area contributed by atoms with Crippen molar-refractivity contribution in [3.8, 4) is 0 Å². The number of carbonyl (C=O) groups excluding carboxylic acids is 1. The summed E-state index contributed by atoms with van der Waals surface area (Å²) in [5.74, 6) is 0.213. The maximum Gasteiger partial charge on any atom is 0.292 e. The first-order valence-corrected chi connectivity index (χ1v) is 7.34. The third-order valence-corrected chi connectivity index (χ3v) is 3.75. The van der Waals surface area contributed by atoms with Gasteiger partial charge in [-0.25, -0.2) is 0 Å². The molecule has 22 heavy (non-hydrogen) atoms. The van der Waals surface area contributed by atoms with E-state index in [4.69, 9.17) is 4.74 Å². The molecule has 1 aromatic carbocycles. The van der Waals surface area contributed by atoms with E-state index >= 15 is 0 Å². The van der Waals surface area contributed by atoms with E-state index in [0.29, 0.717) is 12.5 Å². The van der Waals surface area contributed by atoms with Gasteiger partial charge in [0.2, 0.25) is 5.91 Å². The van der Waals surface area contributed by atoms with Crippen LogP contribution in [0.3, 0.4) is 0 Å². The largest absolute Gasteiger partial charge is 0.384 e. The Hall–Kier alpha value is -1.99. The quantitative estimate of drug-likeness (QED) is 0.641. The van der Waals surface area contributed by atoms with Crippen LogP contribution in [0.2, 0.25) is 0 Å². The summed E-state index contributed by atoms with van der Waals surface area (Å²) < 4.78 is 5.17. The lowest BCUT2D eigenvalue weighted by Crippen LogP contribution is -2.41. The molecule has 7 heteroatoms. The molecule has 1 saturated heterocycles. The van der Waals surface area contributed by atoms with Crippen molar-refractivity contribution in [3.63, 3.8) is 0 Å². The molecule has 0 radical (unpaired) electrons. The third-order valence-electron chi connectivity index (χ3n) is 3.75. The number of piperidine rings is 1. The van der Waals surface area contributed by atoms with Gasteiger partial charge in [0.25, 0.3) is 5.69 Å². The number of nitro groups is 1. The van der Waals surface area contributed by atoms with E-state index in [1.165, 1.54) is 6.07 Å². The number of carbonyl (C=O) groups is 1. The highest BCUT2D eigenvalue weighted by Gasteiger charge is 2.22. The molecule has 0 aliphatic carbocycles. The van der Waals surface area contributed by atoms with Gasteiger partial charge in [-0.15, -0.1) is 0 Å². The zero-order valence-electron chi connectivity index (χ0n) is 12.7. The van der Waals surface area contributed by atoms with E-state index in [-0.39, 0.29) is 23.8 Å². The molecule has 0 spiro atoms. The number of nitrogens with one attached hydrogen (secondary N) is 1. The minimum Gasteiger partial charge on any atom is -0.384 e. The van der Waals surface area contributed by atoms with Gasteiger partial charge in [-0.1, -0.05) is 12.1 Å². The van der Waals surface area contributed by atoms with Crippen LogP contribution >= 0.6 is 0 Å². The van der Waals surface area contributed by atoms with Gasteiger partial charge in [0.05, 0.1) is 18.1 Å². The predicted octanol–water partition coefficient (Wildman–Crippen LogP) is 1.89. The highest BCUT2D eigenvalue weighted by molar-refractivity contribution is 5.94. The van der Waals surface area contributed by atoms with Crippen LogP contribution in [-0.4, -0.2) is 49.1 Å². The first kappa shape index (κ1) is 16.4. The lowest BCUT2D eigenvalue weighted by atomic mass is 9.99. The van der Waals surface area contributed by atoms with Crippen LogP contribution in [0.25, 0.3) is 0 Å². The van der Waals surface area contributed by atoms with Crippen molar-refractivity contribution in [2.45, 2.75) is 12.8 Å². The number of hydrogen-bond donors (Lipinski definition) is 1. The molecule has 7 nitrogen and oxygen atoms in total. The number of amides is 1. The average molecular weight is 307 g/mol. The predicted molar refractivity (Wildman–Crippen MR) is 82.8 cm³/mol. The maximum absolute atomic E-state index is 12.1. The molecule has 1 fully saturated rings. The van der Waals surface area contributed by atoms with Crippen molar-refractivity contribution < 1.29 is 14.5 Å². The van der Waals surface area contributed by atoms with E-state index < -0.39 is 4.92 Å². The number of nitrogens with zero attached hydrogens (tertiary/aromatic N) is 2. The van der Waals surface area contributed by atoms with E-state index in [1.807, 2.05) is 0 Å². The number of anilines is 1. The van der Waals surface area contributed by atoms with Crippen LogP contribution < -0.4 is 5.32 Å². The van der Waals surface area contributed by atoms with Gasteiger partial charge in [0, 0.05) is 19.7 Å². The van der Waals surface area contributed by atoms with Gasteiger partial charge in [-0.2, -0.15) is 0 Å². The minimum absolute atomic E-state index is 0.0910. The van der Waals surface area contributed by atoms with Crippen molar-refractivity contribution in [1.29, 1.82) is 0 Å². The third kappa shape index (κ3) is 4.51. The van der Waals surface area contributed by atoms with E-state index in [2.05, 4.69) is 10.2 Å². The molecule has 1 heterocycles. The molecule has 1 aromatic rings. The monoisotopic (exact) mass is 307 g/mol. The van der Waals surface area contributed by atoms with Gasteiger partial charge in [-0.05, 0) is 31.4 Å². The first-order chi connectivity index (χ1) is 10.6. The topological polar surface area (TPSA) is 84.7 Å². The molecule has 1 aliphatic rings. The molecule has 1 aliphatic heterocycles. The summed E-state index contributed by atoms with van der Waals surface area (Å²) in [5, 5.41) is 13.6. The Labute approximate surface area is 129 Å². The smallest absolute Gasteiger partial charge is 0.292 e. The van der Waals surface area contributed by atoms with Crippen LogP contribution in [0.4, 0.5) is 11.4 Å². The summed E-state index contributed by atoms with van der Waals surface area (Å²) in [4.78, 5) is 24.6. The van der Waals surface area contributed by atoms with Crippen LogP contribution in [0.1, 0.15) is 12.8 Å². The average Bonchev–Trinajstić information content (AvgIpc) is 2.48. The maximum atomic E-state index is 12.1. The lowest BCUT2D eigenvalue weighted by Gasteiger charge is -2.31. The van der Waals surface area contributed by atoms with E-state index in [9.17, 15) is 14.9 Å². The number of para-hydroxylation sites is 2. The Morgan fingerprint density at radius 1 is 1.50 bits per heavy atom. The molecule has 120 valence electrons. The molecule has 1 atom stereocenters. The first-order valence-electron chi connectivity index (χ1n) is 7.34. The van der Waals surface area contributed by atoms with E-state index in [0.717, 1.165) is 25.9 Å². The van der Waals surface area contributed by atoms with Crippen LogP contribution in [0, 0.1) is 16.0 Å². The number of hydrogen-bond acceptors (Lipinski definition) is 5. The molecular weight excluding hydrogens is 286 g/mol. The van der Waals surface area contributed by atoms with Crippen LogP contribution in [0.5, 0.6) is 0 Å². The number of benzene rings is 1. The Balaban J connectivity index is 1.92. The van der Waals surface area contributed by atoms with Gasteiger partial charge in [-0.3, -0.25) is 19.8 Å². The second-order valence-corrected chi connectivity index (χ2v) is 5.52. The summed E-state index contributed by atoms with van der Waals surface area (Å²) in [6, 6.07) is 6.16. The van der Waals surface area contributed by atoms with Gasteiger partial charge in [0.1, 0.15) is 5.69 Å². The number of likely N-dealkylation sites (tertiary alicyclic amines) is 1. The SMILES string of the molecule is COCC1CCCN(CC(=O)Nc2ccccc2[N+](=O)[O-])C1. The molecule has 1 N–H and O–H groups in total. The minimum atomic E-state index is -0.495. The van der Waals surface area contributed by atoms with Crippen LogP contribution in [-0.2, 0) is 9.53 Å². The zero-order valence-corrected chi connectivity index (χ0v) is 12.7. The van der Waals surface area contributed by atoms with Crippen molar-refractivity contribution >= 4 is 17.3 Å². The van der Waals surface area contributed by atoms with Crippen molar-refractivity contribution in [3.05, 3.63) is 34.4 Å². The molecule has 0 aromatic heterocycles. The molecule has 0 bridgehead atoms. The summed E-state index contributed by atoms with van der Waals surface area (Å²) in [7, 11) is 1.68. The van der Waals surface area contributed by atoms with Crippen molar-refractivity contribution in [1.82, 2.24) is 4.90 Å². The summed E-state index contributed by atoms with van der Waals surface area (Å²) in [6.45, 7) is 2.62. The van der Waals surface area contributed by atoms with Gasteiger partial charge in [0.15, 0.2) is 0 Å². The lowest BCUT2D eigenvalue weighted by molar-refractivity contribution is -0.383. The number of nitro benzene ring substituents is 1. The summed E-state index contributed by atoms with van der Waals surface area (Å²) in [5.41, 5.74) is 0.148. The number of rotatable bonds is 6. The molecule has 1 unspecified atom stereocenters. The fourth-order valence-corrected chi connectivity index (χ4v) is 2.80. The van der Waals surface area contributed by atoms with Gasteiger partial charge >= 0.3 is 0 Å². The second-order valence-electron chi connectivity index (χ2n) is 5.52. The summed E-state index contributed by atoms with van der Waals surface area (Å²) in [6.07, 6.45) is 2.14. The Bertz CT molecular complexity index is 533.